The summed E-state index contributed by atoms with van der Waals surface area (Å²) in [7, 11) is 0. The maximum Gasteiger partial charge on any atom is 0.172 e. The Balaban J connectivity index is 1.62. The van der Waals surface area contributed by atoms with E-state index < -0.39 is 0 Å². The lowest BCUT2D eigenvalue weighted by Gasteiger charge is -2.25. The van der Waals surface area contributed by atoms with Crippen molar-refractivity contribution in [2.24, 2.45) is 16.0 Å². The molecule has 8 heteroatoms. The molecule has 8 nitrogen and oxygen atoms in total. The molecule has 2 aliphatic rings. The van der Waals surface area contributed by atoms with Crippen molar-refractivity contribution in [3.63, 3.8) is 0 Å². The Hall–Kier alpha value is -4.33. The van der Waals surface area contributed by atoms with E-state index in [0.29, 0.717) is 24.1 Å². The number of ether oxygens (including phenoxy) is 2. The minimum absolute atomic E-state index is 0.420. The molecule has 1 unspecified atom stereocenters. The number of unbranched alkanes of at least 4 members (excludes halogenated alkanes) is 2. The van der Waals surface area contributed by atoms with E-state index in [-0.39, 0.29) is 0 Å². The molecule has 0 bridgehead atoms. The molecule has 4 rings (SSSR count). The number of anilines is 2. The zero-order valence-corrected chi connectivity index (χ0v) is 26.6. The van der Waals surface area contributed by atoms with Gasteiger partial charge in [0.15, 0.2) is 17.4 Å². The first-order valence-electron chi connectivity index (χ1n) is 15.4. The molecule has 1 N–H and O–H groups in total. The van der Waals surface area contributed by atoms with Crippen LogP contribution in [-0.4, -0.2) is 41.7 Å². The van der Waals surface area contributed by atoms with E-state index in [2.05, 4.69) is 67.8 Å². The van der Waals surface area contributed by atoms with Crippen LogP contribution in [0, 0.1) is 19.8 Å². The van der Waals surface area contributed by atoms with E-state index in [1.165, 1.54) is 0 Å². The second-order valence-electron chi connectivity index (χ2n) is 11.1. The van der Waals surface area contributed by atoms with Gasteiger partial charge in [0.25, 0.3) is 0 Å². The Morgan fingerprint density at radius 3 is 2.77 bits per heavy atom. The maximum atomic E-state index is 6.22. The SMILES string of the molecule is C=C1C=C(Oc2ccc(NC(=N/C=C/CCC)c3nc4c(cc3C)OCC(C)CN4CCCC)cc2C)C=CN1/N=C\C. The zero-order chi connectivity index (χ0) is 30.8. The number of allylic oxidation sites excluding steroid dienone is 3. The lowest BCUT2D eigenvalue weighted by atomic mass is 10.1. The van der Waals surface area contributed by atoms with E-state index in [1.807, 2.05) is 50.5 Å². The number of hydrogen-bond donors (Lipinski definition) is 1. The van der Waals surface area contributed by atoms with Crippen LogP contribution in [0.4, 0.5) is 11.5 Å². The first kappa shape index (κ1) is 31.6. The molecule has 1 aromatic carbocycles. The fourth-order valence-corrected chi connectivity index (χ4v) is 4.89. The van der Waals surface area contributed by atoms with Crippen LogP contribution in [0.25, 0.3) is 0 Å². The van der Waals surface area contributed by atoms with E-state index in [4.69, 9.17) is 19.5 Å². The van der Waals surface area contributed by atoms with Crippen molar-refractivity contribution in [1.82, 2.24) is 9.99 Å². The second-order valence-corrected chi connectivity index (χ2v) is 11.1. The average molecular weight is 583 g/mol. The summed E-state index contributed by atoms with van der Waals surface area (Å²) >= 11 is 0. The Morgan fingerprint density at radius 1 is 1.21 bits per heavy atom. The van der Waals surface area contributed by atoms with Crippen molar-refractivity contribution in [1.29, 1.82) is 0 Å². The van der Waals surface area contributed by atoms with Crippen molar-refractivity contribution in [2.75, 3.05) is 29.9 Å². The van der Waals surface area contributed by atoms with Gasteiger partial charge in [-0.3, -0.25) is 0 Å². The smallest absolute Gasteiger partial charge is 0.172 e. The van der Waals surface area contributed by atoms with Crippen molar-refractivity contribution in [3.8, 4) is 11.5 Å². The largest absolute Gasteiger partial charge is 0.489 e. The van der Waals surface area contributed by atoms with Gasteiger partial charge in [-0.15, -0.1) is 0 Å². The molecule has 1 aromatic heterocycles. The standard InChI is InChI=1S/C35H46N6O2/c1-8-11-13-17-36-34(33-27(6)21-32-35(39-33)40(18-12-9-2)23-25(4)24-42-32)38-29-14-15-31(26(5)20-29)43-30-16-19-41(37-10-3)28(7)22-30/h10,13-17,19-22,25H,7-9,11-12,18,23-24H2,1-6H3,(H,36,38)/b17-13+,37-10-. The molecule has 0 saturated carbocycles. The molecule has 0 amide bonds. The Bertz CT molecular complexity index is 1440. The van der Waals surface area contributed by atoms with Gasteiger partial charge in [0, 0.05) is 49.4 Å². The molecular weight excluding hydrogens is 536 g/mol. The van der Waals surface area contributed by atoms with Crippen molar-refractivity contribution in [3.05, 3.63) is 89.7 Å². The number of aromatic nitrogens is 1. The number of aryl methyl sites for hydroxylation is 2. The van der Waals surface area contributed by atoms with Crippen molar-refractivity contribution < 1.29 is 9.47 Å². The Morgan fingerprint density at radius 2 is 2.05 bits per heavy atom. The second kappa shape index (κ2) is 15.2. The highest BCUT2D eigenvalue weighted by molar-refractivity contribution is 6.08. The molecule has 0 radical (unpaired) electrons. The molecule has 0 spiro atoms. The number of fused-ring (bicyclic) bond motifs is 1. The summed E-state index contributed by atoms with van der Waals surface area (Å²) < 4.78 is 12.4. The van der Waals surface area contributed by atoms with Gasteiger partial charge in [-0.25, -0.2) is 15.0 Å². The summed E-state index contributed by atoms with van der Waals surface area (Å²) in [6, 6.07) is 8.14. The fourth-order valence-electron chi connectivity index (χ4n) is 4.89. The molecule has 2 aromatic rings. The van der Waals surface area contributed by atoms with Gasteiger partial charge >= 0.3 is 0 Å². The van der Waals surface area contributed by atoms with Crippen molar-refractivity contribution >= 4 is 23.6 Å². The van der Waals surface area contributed by atoms with Gasteiger partial charge in [0.05, 0.1) is 12.3 Å². The monoisotopic (exact) mass is 582 g/mol. The minimum Gasteiger partial charge on any atom is -0.489 e. The predicted molar refractivity (Wildman–Crippen MR) is 179 cm³/mol. The normalized spacial score (nSPS) is 17.3. The summed E-state index contributed by atoms with van der Waals surface area (Å²) in [5, 5.41) is 9.52. The highest BCUT2D eigenvalue weighted by Gasteiger charge is 2.24. The van der Waals surface area contributed by atoms with Gasteiger partial charge in [-0.1, -0.05) is 46.3 Å². The summed E-state index contributed by atoms with van der Waals surface area (Å²) in [5.41, 5.74) is 4.44. The lowest BCUT2D eigenvalue weighted by Crippen LogP contribution is -2.30. The van der Waals surface area contributed by atoms with Gasteiger partial charge in [0.1, 0.15) is 17.2 Å². The van der Waals surface area contributed by atoms with Crippen LogP contribution in [0.5, 0.6) is 11.5 Å². The van der Waals surface area contributed by atoms with Gasteiger partial charge in [-0.2, -0.15) is 5.10 Å². The third kappa shape index (κ3) is 8.37. The van der Waals surface area contributed by atoms with E-state index >= 15 is 0 Å². The summed E-state index contributed by atoms with van der Waals surface area (Å²) in [4.78, 5) is 12.4. The van der Waals surface area contributed by atoms with Crippen LogP contribution >= 0.6 is 0 Å². The first-order chi connectivity index (χ1) is 20.8. The van der Waals surface area contributed by atoms with Gasteiger partial charge in [0.2, 0.25) is 0 Å². The van der Waals surface area contributed by atoms with Gasteiger partial charge in [-0.05, 0) is 75.1 Å². The minimum atomic E-state index is 0.420. The van der Waals surface area contributed by atoms with Crippen LogP contribution in [0.3, 0.4) is 0 Å². The number of nitrogens with zero attached hydrogens (tertiary/aromatic N) is 5. The van der Waals surface area contributed by atoms with Crippen LogP contribution in [0.1, 0.15) is 70.2 Å². The topological polar surface area (TPSA) is 74.6 Å². The number of nitrogens with one attached hydrogen (secondary N) is 1. The Kier molecular flexibility index (Phi) is 11.2. The zero-order valence-electron chi connectivity index (χ0n) is 26.6. The van der Waals surface area contributed by atoms with E-state index in [1.54, 1.807) is 11.2 Å². The molecule has 2 aliphatic heterocycles. The van der Waals surface area contributed by atoms with Crippen LogP contribution in [0.15, 0.2) is 83.0 Å². The number of aliphatic imine (C=N–C) groups is 1. The average Bonchev–Trinajstić information content (AvgIpc) is 3.13. The molecule has 228 valence electrons. The number of hydrazone groups is 1. The highest BCUT2D eigenvalue weighted by atomic mass is 16.5. The fraction of sp³-hybridized carbons (Fsp3) is 0.400. The van der Waals surface area contributed by atoms with Crippen LogP contribution < -0.4 is 19.7 Å². The molecule has 3 heterocycles. The lowest BCUT2D eigenvalue weighted by molar-refractivity contribution is 0.273. The third-order valence-corrected chi connectivity index (χ3v) is 7.17. The number of benzene rings is 1. The summed E-state index contributed by atoms with van der Waals surface area (Å²) in [6.07, 6.45) is 15.5. The molecule has 1 atom stereocenters. The summed E-state index contributed by atoms with van der Waals surface area (Å²) in [6.45, 7) is 19.2. The number of pyridine rings is 1. The highest BCUT2D eigenvalue weighted by Crippen LogP contribution is 2.33. The third-order valence-electron chi connectivity index (χ3n) is 7.17. The number of amidine groups is 1. The Labute approximate surface area is 257 Å². The molecule has 0 saturated heterocycles. The molecular formula is C35H46N6O2. The predicted octanol–water partition coefficient (Wildman–Crippen LogP) is 8.12. The first-order valence-corrected chi connectivity index (χ1v) is 15.4. The van der Waals surface area contributed by atoms with Crippen LogP contribution in [-0.2, 0) is 0 Å². The number of rotatable bonds is 11. The van der Waals surface area contributed by atoms with Crippen molar-refractivity contribution in [2.45, 2.75) is 67.2 Å². The molecule has 0 aliphatic carbocycles. The van der Waals surface area contributed by atoms with Crippen LogP contribution in [0.2, 0.25) is 0 Å². The molecule has 0 fully saturated rings. The summed E-state index contributed by atoms with van der Waals surface area (Å²) in [5.74, 6) is 4.32. The maximum absolute atomic E-state index is 6.22. The van der Waals surface area contributed by atoms with E-state index in [0.717, 1.165) is 84.3 Å². The number of hydrogen-bond acceptors (Lipinski definition) is 7. The van der Waals surface area contributed by atoms with Gasteiger partial charge < -0.3 is 19.7 Å². The molecule has 43 heavy (non-hydrogen) atoms. The quantitative estimate of drug-likeness (QED) is 0.213. The van der Waals surface area contributed by atoms with E-state index in [9.17, 15) is 0 Å².